The maximum Gasteiger partial charge on any atom is 0.191 e. The molecule has 0 aliphatic rings. The predicted molar refractivity (Wildman–Crippen MR) is 102 cm³/mol. The third-order valence-electron chi connectivity index (χ3n) is 3.15. The highest BCUT2D eigenvalue weighted by Crippen LogP contribution is 2.19. The van der Waals surface area contributed by atoms with Gasteiger partial charge in [-0.1, -0.05) is 0 Å². The fourth-order valence-electron chi connectivity index (χ4n) is 2.25. The quantitative estimate of drug-likeness (QED) is 0.396. The van der Waals surface area contributed by atoms with E-state index < -0.39 is 0 Å². The van der Waals surface area contributed by atoms with Gasteiger partial charge in [0, 0.05) is 36.2 Å². The average Bonchev–Trinajstić information content (AvgIpc) is 2.80. The SMILES string of the molecule is CCNC(=NCCc1c[nH]c2cc(F)ccc12)NC(C)C.I. The molecule has 0 aliphatic heterocycles. The summed E-state index contributed by atoms with van der Waals surface area (Å²) in [7, 11) is 0. The third-order valence-corrected chi connectivity index (χ3v) is 3.15. The van der Waals surface area contributed by atoms with Gasteiger partial charge in [0.15, 0.2) is 5.96 Å². The van der Waals surface area contributed by atoms with Gasteiger partial charge >= 0.3 is 0 Å². The second-order valence-corrected chi connectivity index (χ2v) is 5.31. The van der Waals surface area contributed by atoms with E-state index in [0.717, 1.165) is 35.4 Å². The number of rotatable bonds is 5. The summed E-state index contributed by atoms with van der Waals surface area (Å²) in [6.45, 7) is 7.74. The van der Waals surface area contributed by atoms with Gasteiger partial charge in [0.2, 0.25) is 0 Å². The Morgan fingerprint density at radius 3 is 2.82 bits per heavy atom. The van der Waals surface area contributed by atoms with Crippen LogP contribution in [0.1, 0.15) is 26.3 Å². The van der Waals surface area contributed by atoms with Crippen molar-refractivity contribution in [3.63, 3.8) is 0 Å². The van der Waals surface area contributed by atoms with Crippen LogP contribution in [-0.2, 0) is 6.42 Å². The van der Waals surface area contributed by atoms with Crippen molar-refractivity contribution in [2.24, 2.45) is 4.99 Å². The minimum Gasteiger partial charge on any atom is -0.361 e. The molecule has 0 saturated carbocycles. The standard InChI is InChI=1S/C16H23FN4.HI/c1-4-18-16(21-11(2)3)19-8-7-12-10-20-15-9-13(17)5-6-14(12)15;/h5-6,9-11,20H,4,7-8H2,1-3H3,(H2,18,19,21);1H. The summed E-state index contributed by atoms with van der Waals surface area (Å²) in [6, 6.07) is 5.18. The van der Waals surface area contributed by atoms with Gasteiger partial charge < -0.3 is 15.6 Å². The number of nitrogens with one attached hydrogen (secondary N) is 3. The summed E-state index contributed by atoms with van der Waals surface area (Å²) >= 11 is 0. The highest BCUT2D eigenvalue weighted by atomic mass is 127. The van der Waals surface area contributed by atoms with E-state index in [2.05, 4.69) is 34.5 Å². The Morgan fingerprint density at radius 2 is 2.14 bits per heavy atom. The van der Waals surface area contributed by atoms with Gasteiger partial charge in [-0.2, -0.15) is 0 Å². The maximum atomic E-state index is 13.2. The number of nitrogens with zero attached hydrogens (tertiary/aromatic N) is 1. The topological polar surface area (TPSA) is 52.2 Å². The van der Waals surface area contributed by atoms with Gasteiger partial charge in [-0.3, -0.25) is 4.99 Å². The molecule has 0 spiro atoms. The molecule has 122 valence electrons. The zero-order chi connectivity index (χ0) is 15.2. The normalized spacial score (nSPS) is 11.6. The summed E-state index contributed by atoms with van der Waals surface area (Å²) in [4.78, 5) is 7.66. The Labute approximate surface area is 148 Å². The average molecular weight is 418 g/mol. The molecule has 2 rings (SSSR count). The van der Waals surface area contributed by atoms with Crippen LogP contribution < -0.4 is 10.6 Å². The van der Waals surface area contributed by atoms with Gasteiger partial charge in [0.1, 0.15) is 5.82 Å². The second kappa shape index (κ2) is 8.97. The first-order chi connectivity index (χ1) is 10.1. The van der Waals surface area contributed by atoms with Crippen LogP contribution in [0.3, 0.4) is 0 Å². The zero-order valence-corrected chi connectivity index (χ0v) is 15.6. The molecule has 0 amide bonds. The van der Waals surface area contributed by atoms with Crippen molar-refractivity contribution in [2.45, 2.75) is 33.2 Å². The first-order valence-corrected chi connectivity index (χ1v) is 7.40. The zero-order valence-electron chi connectivity index (χ0n) is 13.2. The molecule has 3 N–H and O–H groups in total. The Kier molecular flexibility index (Phi) is 7.64. The minimum absolute atomic E-state index is 0. The number of hydrogen-bond donors (Lipinski definition) is 3. The summed E-state index contributed by atoms with van der Waals surface area (Å²) in [5, 5.41) is 7.57. The van der Waals surface area contributed by atoms with Crippen molar-refractivity contribution < 1.29 is 4.39 Å². The second-order valence-electron chi connectivity index (χ2n) is 5.31. The highest BCUT2D eigenvalue weighted by molar-refractivity contribution is 14.0. The highest BCUT2D eigenvalue weighted by Gasteiger charge is 2.05. The minimum atomic E-state index is -0.218. The van der Waals surface area contributed by atoms with Crippen molar-refractivity contribution in [1.29, 1.82) is 0 Å². The van der Waals surface area contributed by atoms with Crippen LogP contribution in [0.5, 0.6) is 0 Å². The molecule has 0 fully saturated rings. The molecule has 0 aliphatic carbocycles. The van der Waals surface area contributed by atoms with Crippen LogP contribution in [0, 0.1) is 5.82 Å². The Hall–Kier alpha value is -1.31. The summed E-state index contributed by atoms with van der Waals surface area (Å²) in [6.07, 6.45) is 2.75. The Balaban J connectivity index is 0.00000242. The first kappa shape index (κ1) is 18.7. The molecule has 6 heteroatoms. The van der Waals surface area contributed by atoms with Crippen molar-refractivity contribution in [3.8, 4) is 0 Å². The largest absolute Gasteiger partial charge is 0.361 e. The smallest absolute Gasteiger partial charge is 0.191 e. The summed E-state index contributed by atoms with van der Waals surface area (Å²) in [5.41, 5.74) is 2.00. The maximum absolute atomic E-state index is 13.2. The monoisotopic (exact) mass is 418 g/mol. The van der Waals surface area contributed by atoms with Crippen molar-refractivity contribution in [2.75, 3.05) is 13.1 Å². The van der Waals surface area contributed by atoms with E-state index >= 15 is 0 Å². The summed E-state index contributed by atoms with van der Waals surface area (Å²) < 4.78 is 13.2. The van der Waals surface area contributed by atoms with Crippen LogP contribution in [0.2, 0.25) is 0 Å². The molecular formula is C16H24FIN4. The Bertz CT molecular complexity index is 622. The van der Waals surface area contributed by atoms with E-state index in [9.17, 15) is 4.39 Å². The number of benzene rings is 1. The molecule has 2 aromatic rings. The molecule has 0 atom stereocenters. The fraction of sp³-hybridized carbons (Fsp3) is 0.438. The number of aliphatic imine (C=N–C) groups is 1. The van der Waals surface area contributed by atoms with E-state index in [1.807, 2.05) is 19.2 Å². The Morgan fingerprint density at radius 1 is 1.36 bits per heavy atom. The summed E-state index contributed by atoms with van der Waals surface area (Å²) in [5.74, 6) is 0.614. The van der Waals surface area contributed by atoms with E-state index in [-0.39, 0.29) is 29.8 Å². The van der Waals surface area contributed by atoms with Crippen LogP contribution in [0.4, 0.5) is 4.39 Å². The lowest BCUT2D eigenvalue weighted by molar-refractivity contribution is 0.629. The van der Waals surface area contributed by atoms with Crippen molar-refractivity contribution in [1.82, 2.24) is 15.6 Å². The van der Waals surface area contributed by atoms with Crippen molar-refractivity contribution >= 4 is 40.8 Å². The lowest BCUT2D eigenvalue weighted by Crippen LogP contribution is -2.41. The molecule has 1 heterocycles. The molecule has 1 aromatic heterocycles. The van der Waals surface area contributed by atoms with Gasteiger partial charge in [-0.15, -0.1) is 24.0 Å². The number of H-pyrrole nitrogens is 1. The van der Waals surface area contributed by atoms with Gasteiger partial charge in [0.25, 0.3) is 0 Å². The number of hydrogen-bond acceptors (Lipinski definition) is 1. The molecule has 0 unspecified atom stereocenters. The van der Waals surface area contributed by atoms with Crippen LogP contribution in [-0.4, -0.2) is 30.1 Å². The molecule has 1 aromatic carbocycles. The van der Waals surface area contributed by atoms with Crippen LogP contribution in [0.25, 0.3) is 10.9 Å². The van der Waals surface area contributed by atoms with Gasteiger partial charge in [0.05, 0.1) is 0 Å². The van der Waals surface area contributed by atoms with Gasteiger partial charge in [-0.05, 0) is 51.0 Å². The first-order valence-electron chi connectivity index (χ1n) is 7.40. The predicted octanol–water partition coefficient (Wildman–Crippen LogP) is 3.43. The van der Waals surface area contributed by atoms with Gasteiger partial charge in [-0.25, -0.2) is 4.39 Å². The molecule has 4 nitrogen and oxygen atoms in total. The molecular weight excluding hydrogens is 394 g/mol. The van der Waals surface area contributed by atoms with E-state index in [1.54, 1.807) is 0 Å². The van der Waals surface area contributed by atoms with Crippen LogP contribution in [0.15, 0.2) is 29.4 Å². The number of halogens is 2. The molecule has 22 heavy (non-hydrogen) atoms. The number of guanidine groups is 1. The molecule has 0 bridgehead atoms. The van der Waals surface area contributed by atoms with E-state index in [0.29, 0.717) is 12.6 Å². The number of fused-ring (bicyclic) bond motifs is 1. The van der Waals surface area contributed by atoms with Crippen molar-refractivity contribution in [3.05, 3.63) is 35.8 Å². The van der Waals surface area contributed by atoms with E-state index in [1.165, 1.54) is 12.1 Å². The lowest BCUT2D eigenvalue weighted by Gasteiger charge is -2.13. The van der Waals surface area contributed by atoms with E-state index in [4.69, 9.17) is 0 Å². The number of aromatic nitrogens is 1. The molecule has 0 radical (unpaired) electrons. The lowest BCUT2D eigenvalue weighted by atomic mass is 10.1. The fourth-order valence-corrected chi connectivity index (χ4v) is 2.25. The molecule has 0 saturated heterocycles. The van der Waals surface area contributed by atoms with Crippen LogP contribution >= 0.6 is 24.0 Å². The third kappa shape index (κ3) is 5.15. The number of aromatic amines is 1.